The van der Waals surface area contributed by atoms with Crippen molar-refractivity contribution in [1.29, 1.82) is 0 Å². The number of nitrogens with zero attached hydrogens (tertiary/aromatic N) is 1. The summed E-state index contributed by atoms with van der Waals surface area (Å²) in [6, 6.07) is 5.56. The number of H-pyrrole nitrogens is 1. The number of nitrogens with one attached hydrogen (secondary N) is 3. The second-order valence-electron chi connectivity index (χ2n) is 8.86. The average molecular weight is 515 g/mol. The molecule has 0 aliphatic carbocycles. The zero-order valence-corrected chi connectivity index (χ0v) is 20.1. The number of aromatic carboxylic acids is 1. The number of rotatable bonds is 6. The maximum Gasteiger partial charge on any atom is 0.407 e. The molecule has 12 heteroatoms. The largest absolute Gasteiger partial charge is 0.508 e. The highest BCUT2D eigenvalue weighted by atomic mass is 32.1. The van der Waals surface area contributed by atoms with E-state index < -0.39 is 24.0 Å². The predicted octanol–water partition coefficient (Wildman–Crippen LogP) is 3.58. The Labute approximate surface area is 209 Å². The molecule has 36 heavy (non-hydrogen) atoms. The van der Waals surface area contributed by atoms with E-state index in [9.17, 15) is 29.7 Å². The number of fused-ring (bicyclic) bond motifs is 2. The molecule has 5 rings (SSSR count). The van der Waals surface area contributed by atoms with Gasteiger partial charge in [0, 0.05) is 35.5 Å². The number of aromatic nitrogens is 1. The molecular weight excluding hydrogens is 488 g/mol. The number of hydrogen-bond acceptors (Lipinski definition) is 7. The second-order valence-corrected chi connectivity index (χ2v) is 9.91. The minimum absolute atomic E-state index is 0.0301. The summed E-state index contributed by atoms with van der Waals surface area (Å²) < 4.78 is 5.72. The van der Waals surface area contributed by atoms with Crippen LogP contribution in [0.25, 0.3) is 10.9 Å². The molecule has 0 spiro atoms. The molecule has 1 aromatic carbocycles. The Morgan fingerprint density at radius 3 is 2.75 bits per heavy atom. The number of carbonyl (C=O) groups is 3. The quantitative estimate of drug-likeness (QED) is 0.291. The number of amides is 2. The van der Waals surface area contributed by atoms with Gasteiger partial charge < -0.3 is 35.7 Å². The number of thiophene rings is 1. The fraction of sp³-hybridized carbons (Fsp3) is 0.375. The maximum absolute atomic E-state index is 12.9. The number of carboxylic acid groups (broad SMARTS) is 2. The Balaban J connectivity index is 1.41. The maximum atomic E-state index is 12.9. The van der Waals surface area contributed by atoms with Crippen molar-refractivity contribution < 1.29 is 34.4 Å². The smallest absolute Gasteiger partial charge is 0.407 e. The fourth-order valence-electron chi connectivity index (χ4n) is 4.82. The Kier molecular flexibility index (Phi) is 6.46. The van der Waals surface area contributed by atoms with Crippen molar-refractivity contribution >= 4 is 45.2 Å². The lowest BCUT2D eigenvalue weighted by Gasteiger charge is -2.33. The fourth-order valence-corrected chi connectivity index (χ4v) is 6.21. The summed E-state index contributed by atoms with van der Waals surface area (Å²) in [4.78, 5) is 41.9. The summed E-state index contributed by atoms with van der Waals surface area (Å²) in [7, 11) is 0. The number of phenols is 1. The summed E-state index contributed by atoms with van der Waals surface area (Å²) >= 11 is 1.20. The van der Waals surface area contributed by atoms with E-state index in [2.05, 4.69) is 15.6 Å². The highest BCUT2D eigenvalue weighted by molar-refractivity contribution is 7.16. The van der Waals surface area contributed by atoms with E-state index in [0.29, 0.717) is 33.0 Å². The third-order valence-corrected chi connectivity index (χ3v) is 7.82. The lowest BCUT2D eigenvalue weighted by molar-refractivity contribution is 0.0344. The summed E-state index contributed by atoms with van der Waals surface area (Å²) in [5.41, 5.74) is 1.67. The molecule has 0 saturated carbocycles. The molecule has 4 heterocycles. The molecule has 2 aromatic heterocycles. The van der Waals surface area contributed by atoms with Gasteiger partial charge in [-0.1, -0.05) is 0 Å². The lowest BCUT2D eigenvalue weighted by atomic mass is 9.97. The van der Waals surface area contributed by atoms with Gasteiger partial charge in [-0.2, -0.15) is 0 Å². The molecule has 0 radical (unpaired) electrons. The van der Waals surface area contributed by atoms with E-state index in [-0.39, 0.29) is 42.7 Å². The van der Waals surface area contributed by atoms with Gasteiger partial charge in [0.1, 0.15) is 22.7 Å². The first-order chi connectivity index (χ1) is 17.3. The molecule has 3 aromatic rings. The summed E-state index contributed by atoms with van der Waals surface area (Å²) in [6.45, 7) is 0.683. The monoisotopic (exact) mass is 514 g/mol. The minimum Gasteiger partial charge on any atom is -0.508 e. The van der Waals surface area contributed by atoms with Crippen LogP contribution in [0.1, 0.15) is 56.6 Å². The van der Waals surface area contributed by atoms with Crippen LogP contribution in [0.2, 0.25) is 0 Å². The predicted molar refractivity (Wildman–Crippen MR) is 132 cm³/mol. The normalized spacial score (nSPS) is 19.6. The van der Waals surface area contributed by atoms with Crippen molar-refractivity contribution in [3.8, 4) is 5.75 Å². The van der Waals surface area contributed by atoms with E-state index >= 15 is 0 Å². The Morgan fingerprint density at radius 1 is 1.19 bits per heavy atom. The van der Waals surface area contributed by atoms with Gasteiger partial charge in [-0.05, 0) is 55.5 Å². The number of carboxylic acids is 1. The number of hydrogen-bond donors (Lipinski definition) is 6. The van der Waals surface area contributed by atoms with Gasteiger partial charge in [0.05, 0.1) is 11.6 Å². The van der Waals surface area contributed by atoms with E-state index in [1.807, 2.05) is 0 Å². The molecule has 2 aliphatic rings. The summed E-state index contributed by atoms with van der Waals surface area (Å²) in [5, 5.41) is 36.5. The molecule has 6 N–H and O–H groups in total. The first-order valence-electron chi connectivity index (χ1n) is 11.7. The molecule has 1 fully saturated rings. The van der Waals surface area contributed by atoms with Gasteiger partial charge in [-0.25, -0.2) is 9.59 Å². The van der Waals surface area contributed by atoms with Gasteiger partial charge in [-0.15, -0.1) is 11.3 Å². The SMILES string of the molecule is O=C(NCC1c2sc(NC3CCCCO3)c(C(=O)O)c2CCN1C(=O)O)c1cc2cc(O)ccc2[nH]1. The van der Waals surface area contributed by atoms with Gasteiger partial charge in [0.25, 0.3) is 5.91 Å². The highest BCUT2D eigenvalue weighted by Crippen LogP contribution is 2.43. The first kappa shape index (κ1) is 23.9. The minimum atomic E-state index is -1.14. The van der Waals surface area contributed by atoms with Crippen molar-refractivity contribution in [2.24, 2.45) is 0 Å². The zero-order valence-electron chi connectivity index (χ0n) is 19.2. The van der Waals surface area contributed by atoms with Crippen LogP contribution in [0.5, 0.6) is 5.75 Å². The van der Waals surface area contributed by atoms with Gasteiger partial charge in [0.2, 0.25) is 0 Å². The number of aromatic hydroxyl groups is 1. The van der Waals surface area contributed by atoms with Crippen LogP contribution in [0.4, 0.5) is 9.80 Å². The molecule has 190 valence electrons. The molecule has 2 unspecified atom stereocenters. The van der Waals surface area contributed by atoms with E-state index in [0.717, 1.165) is 19.3 Å². The second kappa shape index (κ2) is 9.70. The van der Waals surface area contributed by atoms with Gasteiger partial charge in [-0.3, -0.25) is 9.69 Å². The van der Waals surface area contributed by atoms with Crippen molar-refractivity contribution in [1.82, 2.24) is 15.2 Å². The van der Waals surface area contributed by atoms with Gasteiger partial charge in [0.15, 0.2) is 0 Å². The van der Waals surface area contributed by atoms with Crippen LogP contribution in [-0.2, 0) is 11.2 Å². The van der Waals surface area contributed by atoms with Crippen molar-refractivity contribution in [2.45, 2.75) is 38.0 Å². The number of ether oxygens (including phenoxy) is 1. The average Bonchev–Trinajstić information content (AvgIpc) is 3.43. The third-order valence-electron chi connectivity index (χ3n) is 6.56. The van der Waals surface area contributed by atoms with Crippen LogP contribution < -0.4 is 10.6 Å². The number of carbonyl (C=O) groups excluding carboxylic acids is 1. The molecule has 0 bridgehead atoms. The standard InChI is InChI=1S/C24H26N4O7S/c29-13-4-5-15-12(9-13)10-16(26-15)21(30)25-11-17-20-14(6-7-28(17)24(33)34)19(23(31)32)22(36-20)27-18-3-1-2-8-35-18/h4-5,9-10,17-18,26-27,29H,1-3,6-8,11H2,(H,25,30)(H,31,32)(H,33,34). The third kappa shape index (κ3) is 4.56. The first-order valence-corrected chi connectivity index (χ1v) is 12.5. The Hall–Kier alpha value is -3.77. The number of phenolic OH excluding ortho intramolecular Hbond substituents is 1. The van der Waals surface area contributed by atoms with Gasteiger partial charge >= 0.3 is 12.1 Å². The Morgan fingerprint density at radius 2 is 2.03 bits per heavy atom. The van der Waals surface area contributed by atoms with Crippen LogP contribution in [0.15, 0.2) is 24.3 Å². The Bertz CT molecular complexity index is 1330. The van der Waals surface area contributed by atoms with E-state index in [1.165, 1.54) is 28.4 Å². The summed E-state index contributed by atoms with van der Waals surface area (Å²) in [6.07, 6.45) is 1.51. The molecule has 2 amide bonds. The van der Waals surface area contributed by atoms with E-state index in [4.69, 9.17) is 4.74 Å². The topological polar surface area (TPSA) is 164 Å². The highest BCUT2D eigenvalue weighted by Gasteiger charge is 2.37. The van der Waals surface area contributed by atoms with Crippen LogP contribution in [0, 0.1) is 0 Å². The molecule has 2 atom stereocenters. The van der Waals surface area contributed by atoms with Crippen molar-refractivity contribution in [2.75, 3.05) is 25.0 Å². The van der Waals surface area contributed by atoms with Crippen LogP contribution in [-0.4, -0.2) is 69.1 Å². The number of aromatic amines is 1. The zero-order chi connectivity index (χ0) is 25.4. The van der Waals surface area contributed by atoms with E-state index in [1.54, 1.807) is 12.1 Å². The lowest BCUT2D eigenvalue weighted by Crippen LogP contribution is -2.44. The molecular formula is C24H26N4O7S. The summed E-state index contributed by atoms with van der Waals surface area (Å²) in [5.74, 6) is -1.44. The number of anilines is 1. The van der Waals surface area contributed by atoms with Crippen molar-refractivity contribution in [3.63, 3.8) is 0 Å². The van der Waals surface area contributed by atoms with Crippen LogP contribution >= 0.6 is 11.3 Å². The number of benzene rings is 1. The van der Waals surface area contributed by atoms with Crippen molar-refractivity contribution in [3.05, 3.63) is 46.0 Å². The molecule has 1 saturated heterocycles. The molecule has 11 nitrogen and oxygen atoms in total. The molecule has 2 aliphatic heterocycles. The van der Waals surface area contributed by atoms with Crippen LogP contribution in [0.3, 0.4) is 0 Å².